The fourth-order valence-corrected chi connectivity index (χ4v) is 1.88. The van der Waals surface area contributed by atoms with Gasteiger partial charge in [0.25, 0.3) is 0 Å². The van der Waals surface area contributed by atoms with Crippen LogP contribution in [0.25, 0.3) is 0 Å². The molecule has 1 aromatic heterocycles. The standard InChI is InChI=1S/C12H19N3O2/c1-12(2,3)17-11(16)6-10-14-8-4-5-13-7-9(8)15-10/h13H,4-7H2,1-3H3,(H,14,15). The van der Waals surface area contributed by atoms with Gasteiger partial charge in [-0.15, -0.1) is 0 Å². The molecule has 1 aliphatic heterocycles. The molecule has 0 spiro atoms. The van der Waals surface area contributed by atoms with E-state index in [1.54, 1.807) is 0 Å². The first kappa shape index (κ1) is 12.1. The summed E-state index contributed by atoms with van der Waals surface area (Å²) < 4.78 is 5.26. The summed E-state index contributed by atoms with van der Waals surface area (Å²) in [5.41, 5.74) is 1.72. The molecule has 0 bridgehead atoms. The van der Waals surface area contributed by atoms with E-state index in [0.717, 1.165) is 30.9 Å². The monoisotopic (exact) mass is 237 g/mol. The number of fused-ring (bicyclic) bond motifs is 1. The van der Waals surface area contributed by atoms with Gasteiger partial charge in [-0.1, -0.05) is 0 Å². The van der Waals surface area contributed by atoms with Crippen molar-refractivity contribution >= 4 is 5.97 Å². The lowest BCUT2D eigenvalue weighted by Gasteiger charge is -2.18. The Morgan fingerprint density at radius 3 is 2.88 bits per heavy atom. The van der Waals surface area contributed by atoms with Crippen LogP contribution in [0.2, 0.25) is 0 Å². The summed E-state index contributed by atoms with van der Waals surface area (Å²) in [4.78, 5) is 19.2. The highest BCUT2D eigenvalue weighted by Crippen LogP contribution is 2.13. The van der Waals surface area contributed by atoms with Crippen LogP contribution in [0.1, 0.15) is 38.0 Å². The lowest BCUT2D eigenvalue weighted by atomic mass is 10.2. The Balaban J connectivity index is 1.99. The molecule has 1 aromatic rings. The number of nitrogens with zero attached hydrogens (tertiary/aromatic N) is 1. The van der Waals surface area contributed by atoms with Crippen molar-refractivity contribution in [3.05, 3.63) is 17.2 Å². The molecule has 0 atom stereocenters. The highest BCUT2D eigenvalue weighted by Gasteiger charge is 2.19. The molecule has 0 saturated heterocycles. The van der Waals surface area contributed by atoms with Crippen molar-refractivity contribution < 1.29 is 9.53 Å². The number of ether oxygens (including phenoxy) is 1. The Kier molecular flexibility index (Phi) is 3.19. The second-order valence-electron chi connectivity index (χ2n) is 5.30. The maximum atomic E-state index is 11.6. The number of carbonyl (C=O) groups excluding carboxylic acids is 1. The molecule has 5 heteroatoms. The number of nitrogens with one attached hydrogen (secondary N) is 2. The van der Waals surface area contributed by atoms with Crippen LogP contribution in [0.4, 0.5) is 0 Å². The number of aromatic nitrogens is 2. The van der Waals surface area contributed by atoms with Gasteiger partial charge in [-0.2, -0.15) is 0 Å². The third kappa shape index (κ3) is 3.30. The number of H-pyrrole nitrogens is 1. The van der Waals surface area contributed by atoms with Crippen molar-refractivity contribution in [3.8, 4) is 0 Å². The van der Waals surface area contributed by atoms with E-state index in [9.17, 15) is 4.79 Å². The predicted octanol–water partition coefficient (Wildman–Crippen LogP) is 0.940. The molecule has 0 unspecified atom stereocenters. The van der Waals surface area contributed by atoms with Crippen molar-refractivity contribution in [1.82, 2.24) is 15.3 Å². The molecule has 1 aliphatic rings. The summed E-state index contributed by atoms with van der Waals surface area (Å²) in [6, 6.07) is 0. The van der Waals surface area contributed by atoms with E-state index in [-0.39, 0.29) is 12.4 Å². The number of aromatic amines is 1. The Morgan fingerprint density at radius 2 is 2.24 bits per heavy atom. The highest BCUT2D eigenvalue weighted by atomic mass is 16.6. The number of hydrogen-bond donors (Lipinski definition) is 2. The van der Waals surface area contributed by atoms with Gasteiger partial charge in [-0.3, -0.25) is 4.79 Å². The molecule has 17 heavy (non-hydrogen) atoms. The molecule has 5 nitrogen and oxygen atoms in total. The van der Waals surface area contributed by atoms with Gasteiger partial charge in [0.15, 0.2) is 0 Å². The summed E-state index contributed by atoms with van der Waals surface area (Å²) in [6.07, 6.45) is 1.13. The topological polar surface area (TPSA) is 67.0 Å². The third-order valence-corrected chi connectivity index (χ3v) is 2.49. The number of rotatable bonds is 2. The molecular formula is C12H19N3O2. The average Bonchev–Trinajstić information content (AvgIpc) is 2.55. The first-order valence-electron chi connectivity index (χ1n) is 5.93. The highest BCUT2D eigenvalue weighted by molar-refractivity contribution is 5.72. The minimum Gasteiger partial charge on any atom is -0.460 e. The summed E-state index contributed by atoms with van der Waals surface area (Å²) in [7, 11) is 0. The minimum absolute atomic E-state index is 0.213. The zero-order valence-electron chi connectivity index (χ0n) is 10.6. The molecule has 0 amide bonds. The zero-order valence-corrected chi connectivity index (χ0v) is 10.6. The molecule has 0 saturated carbocycles. The van der Waals surface area contributed by atoms with Gasteiger partial charge in [0, 0.05) is 19.5 Å². The van der Waals surface area contributed by atoms with Crippen LogP contribution < -0.4 is 5.32 Å². The summed E-state index contributed by atoms with van der Waals surface area (Å²) >= 11 is 0. The normalized spacial score (nSPS) is 15.5. The lowest BCUT2D eigenvalue weighted by molar-refractivity contribution is -0.154. The van der Waals surface area contributed by atoms with Gasteiger partial charge >= 0.3 is 5.97 Å². The number of imidazole rings is 1. The fraction of sp³-hybridized carbons (Fsp3) is 0.667. The maximum absolute atomic E-state index is 11.6. The summed E-state index contributed by atoms with van der Waals surface area (Å²) in [5.74, 6) is 0.463. The van der Waals surface area contributed by atoms with Crippen LogP contribution in [0.3, 0.4) is 0 Å². The molecule has 2 rings (SSSR count). The van der Waals surface area contributed by atoms with E-state index in [2.05, 4.69) is 15.3 Å². The van der Waals surface area contributed by atoms with Gasteiger partial charge in [-0.25, -0.2) is 4.98 Å². The van der Waals surface area contributed by atoms with Gasteiger partial charge in [0.1, 0.15) is 17.8 Å². The van der Waals surface area contributed by atoms with E-state index in [1.165, 1.54) is 0 Å². The van der Waals surface area contributed by atoms with Gasteiger partial charge in [-0.05, 0) is 20.8 Å². The van der Waals surface area contributed by atoms with Crippen LogP contribution >= 0.6 is 0 Å². The zero-order chi connectivity index (χ0) is 12.5. The Hall–Kier alpha value is -1.36. The van der Waals surface area contributed by atoms with Gasteiger partial charge in [0.05, 0.1) is 11.4 Å². The van der Waals surface area contributed by atoms with E-state index >= 15 is 0 Å². The number of carbonyl (C=O) groups is 1. The van der Waals surface area contributed by atoms with Crippen molar-refractivity contribution in [1.29, 1.82) is 0 Å². The number of hydrogen-bond acceptors (Lipinski definition) is 4. The quantitative estimate of drug-likeness (QED) is 0.751. The van der Waals surface area contributed by atoms with Crippen molar-refractivity contribution in [2.45, 2.75) is 45.8 Å². The Bertz CT molecular complexity index is 394. The molecule has 0 fully saturated rings. The number of esters is 1. The predicted molar refractivity (Wildman–Crippen MR) is 63.5 cm³/mol. The Labute approximate surface area is 101 Å². The second kappa shape index (κ2) is 4.49. The van der Waals surface area contributed by atoms with E-state index in [4.69, 9.17) is 4.74 Å². The average molecular weight is 237 g/mol. The molecule has 94 valence electrons. The molecular weight excluding hydrogens is 218 g/mol. The van der Waals surface area contributed by atoms with Crippen LogP contribution in [0, 0.1) is 0 Å². The maximum Gasteiger partial charge on any atom is 0.313 e. The van der Waals surface area contributed by atoms with Crippen molar-refractivity contribution in [2.24, 2.45) is 0 Å². The van der Waals surface area contributed by atoms with Gasteiger partial charge in [0.2, 0.25) is 0 Å². The smallest absolute Gasteiger partial charge is 0.313 e. The molecule has 0 aromatic carbocycles. The van der Waals surface area contributed by atoms with E-state index in [0.29, 0.717) is 5.82 Å². The first-order valence-corrected chi connectivity index (χ1v) is 5.93. The fourth-order valence-electron chi connectivity index (χ4n) is 1.88. The van der Waals surface area contributed by atoms with Crippen LogP contribution in [-0.4, -0.2) is 28.1 Å². The molecule has 0 radical (unpaired) electrons. The molecule has 2 N–H and O–H groups in total. The Morgan fingerprint density at radius 1 is 1.47 bits per heavy atom. The largest absolute Gasteiger partial charge is 0.460 e. The summed E-state index contributed by atoms with van der Waals surface area (Å²) in [6.45, 7) is 7.34. The SMILES string of the molecule is CC(C)(C)OC(=O)Cc1nc2c([nH]1)CNCC2. The lowest BCUT2D eigenvalue weighted by Crippen LogP contribution is -2.25. The second-order valence-corrected chi connectivity index (χ2v) is 5.30. The molecule has 0 aliphatic carbocycles. The van der Waals surface area contributed by atoms with Crippen LogP contribution in [-0.2, 0) is 28.9 Å². The first-order chi connectivity index (χ1) is 7.94. The summed E-state index contributed by atoms with van der Waals surface area (Å²) in [5, 5.41) is 3.26. The van der Waals surface area contributed by atoms with Crippen LogP contribution in [0.5, 0.6) is 0 Å². The van der Waals surface area contributed by atoms with Crippen molar-refractivity contribution in [2.75, 3.05) is 6.54 Å². The third-order valence-electron chi connectivity index (χ3n) is 2.49. The van der Waals surface area contributed by atoms with Crippen molar-refractivity contribution in [3.63, 3.8) is 0 Å². The van der Waals surface area contributed by atoms with Gasteiger partial charge < -0.3 is 15.0 Å². The van der Waals surface area contributed by atoms with E-state index in [1.807, 2.05) is 20.8 Å². The van der Waals surface area contributed by atoms with E-state index < -0.39 is 5.60 Å². The van der Waals surface area contributed by atoms with Crippen LogP contribution in [0.15, 0.2) is 0 Å². The molecule has 2 heterocycles. The minimum atomic E-state index is -0.440.